The van der Waals surface area contributed by atoms with Crippen LogP contribution in [0.1, 0.15) is 10.4 Å². The molecule has 0 radical (unpaired) electrons. The maximum atomic E-state index is 13.6. The normalized spacial score (nSPS) is 10.3. The van der Waals surface area contributed by atoms with Crippen molar-refractivity contribution in [3.63, 3.8) is 0 Å². The molecule has 0 bridgehead atoms. The van der Waals surface area contributed by atoms with Crippen LogP contribution in [0.15, 0.2) is 64.5 Å². The molecule has 0 aliphatic carbocycles. The minimum atomic E-state index is -0.556. The van der Waals surface area contributed by atoms with Crippen LogP contribution >= 0.6 is 11.8 Å². The van der Waals surface area contributed by atoms with Crippen LogP contribution in [0, 0.1) is 12.4 Å². The SMILES string of the molecule is [C-]#[N+]c1cc(Sc2ccc(NC(=O)c3ccccc3F)cc2)n(C)n1. The fraction of sp³-hybridized carbons (Fsp3) is 0.0556. The van der Waals surface area contributed by atoms with Gasteiger partial charge in [-0.25, -0.2) is 4.39 Å². The molecule has 25 heavy (non-hydrogen) atoms. The molecule has 1 amide bonds. The van der Waals surface area contributed by atoms with Crippen molar-refractivity contribution in [1.82, 2.24) is 9.78 Å². The van der Waals surface area contributed by atoms with Gasteiger partial charge >= 0.3 is 0 Å². The smallest absolute Gasteiger partial charge is 0.296 e. The first-order valence-corrected chi connectivity index (χ1v) is 8.14. The summed E-state index contributed by atoms with van der Waals surface area (Å²) in [6, 6.07) is 14.7. The van der Waals surface area contributed by atoms with Crippen LogP contribution in [0.2, 0.25) is 0 Å². The Kier molecular flexibility index (Phi) is 4.82. The van der Waals surface area contributed by atoms with Gasteiger partial charge in [-0.2, -0.15) is 4.68 Å². The second kappa shape index (κ2) is 7.20. The zero-order valence-electron chi connectivity index (χ0n) is 13.2. The number of carbonyl (C=O) groups is 1. The number of aryl methyl sites for hydroxylation is 1. The molecule has 1 heterocycles. The number of halogens is 1. The lowest BCUT2D eigenvalue weighted by atomic mass is 10.2. The number of anilines is 1. The van der Waals surface area contributed by atoms with Gasteiger partial charge in [0.05, 0.1) is 12.6 Å². The van der Waals surface area contributed by atoms with Gasteiger partial charge in [0.2, 0.25) is 0 Å². The van der Waals surface area contributed by atoms with E-state index in [2.05, 4.69) is 15.3 Å². The molecule has 7 heteroatoms. The summed E-state index contributed by atoms with van der Waals surface area (Å²) >= 11 is 1.46. The Balaban J connectivity index is 1.70. The van der Waals surface area contributed by atoms with Gasteiger partial charge < -0.3 is 10.2 Å². The van der Waals surface area contributed by atoms with Crippen LogP contribution in [0.4, 0.5) is 15.9 Å². The van der Waals surface area contributed by atoms with Crippen molar-refractivity contribution in [2.75, 3.05) is 5.32 Å². The lowest BCUT2D eigenvalue weighted by Gasteiger charge is -2.07. The zero-order chi connectivity index (χ0) is 17.8. The highest BCUT2D eigenvalue weighted by atomic mass is 32.2. The van der Waals surface area contributed by atoms with E-state index in [1.807, 2.05) is 12.1 Å². The fourth-order valence-electron chi connectivity index (χ4n) is 2.16. The van der Waals surface area contributed by atoms with Gasteiger partial charge in [0.25, 0.3) is 11.7 Å². The van der Waals surface area contributed by atoms with Crippen LogP contribution in [0.5, 0.6) is 0 Å². The summed E-state index contributed by atoms with van der Waals surface area (Å²) in [5, 5.41) is 7.58. The molecule has 3 rings (SSSR count). The van der Waals surface area contributed by atoms with Gasteiger partial charge in [-0.1, -0.05) is 30.5 Å². The van der Waals surface area contributed by atoms with Gasteiger partial charge in [0, 0.05) is 10.6 Å². The number of benzene rings is 2. The third-order valence-corrected chi connectivity index (χ3v) is 4.49. The molecular formula is C18H13FN4OS. The third-order valence-electron chi connectivity index (χ3n) is 3.39. The van der Waals surface area contributed by atoms with E-state index in [1.165, 1.54) is 30.0 Å². The van der Waals surface area contributed by atoms with E-state index >= 15 is 0 Å². The van der Waals surface area contributed by atoms with Crippen molar-refractivity contribution in [3.05, 3.63) is 77.4 Å². The van der Waals surface area contributed by atoms with E-state index in [9.17, 15) is 9.18 Å². The molecular weight excluding hydrogens is 339 g/mol. The Morgan fingerprint density at radius 3 is 2.60 bits per heavy atom. The lowest BCUT2D eigenvalue weighted by Crippen LogP contribution is -2.13. The Morgan fingerprint density at radius 1 is 1.24 bits per heavy atom. The van der Waals surface area contributed by atoms with Crippen LogP contribution in [0.3, 0.4) is 0 Å². The molecule has 0 aliphatic heterocycles. The third kappa shape index (κ3) is 3.87. The molecule has 1 N–H and O–H groups in total. The number of nitrogens with one attached hydrogen (secondary N) is 1. The predicted molar refractivity (Wildman–Crippen MR) is 94.4 cm³/mol. The zero-order valence-corrected chi connectivity index (χ0v) is 14.0. The first-order valence-electron chi connectivity index (χ1n) is 7.32. The van der Waals surface area contributed by atoms with Gasteiger partial charge in [-0.3, -0.25) is 4.79 Å². The highest BCUT2D eigenvalue weighted by Crippen LogP contribution is 2.30. The molecule has 0 spiro atoms. The van der Waals surface area contributed by atoms with Crippen molar-refractivity contribution in [2.45, 2.75) is 9.92 Å². The summed E-state index contributed by atoms with van der Waals surface area (Å²) in [5.74, 6) is -0.704. The summed E-state index contributed by atoms with van der Waals surface area (Å²) in [7, 11) is 1.78. The van der Waals surface area contributed by atoms with E-state index in [1.54, 1.807) is 36.0 Å². The number of carbonyl (C=O) groups excluding carboxylic acids is 1. The molecule has 0 saturated heterocycles. The molecule has 0 aliphatic rings. The number of rotatable bonds is 4. The van der Waals surface area contributed by atoms with Crippen LogP contribution in [-0.2, 0) is 7.05 Å². The fourth-order valence-corrected chi connectivity index (χ4v) is 3.01. The van der Waals surface area contributed by atoms with Crippen molar-refractivity contribution in [1.29, 1.82) is 0 Å². The van der Waals surface area contributed by atoms with E-state index in [4.69, 9.17) is 6.57 Å². The largest absolute Gasteiger partial charge is 0.359 e. The monoisotopic (exact) mass is 352 g/mol. The summed E-state index contributed by atoms with van der Waals surface area (Å²) in [5.41, 5.74) is 0.576. The summed E-state index contributed by atoms with van der Waals surface area (Å²) in [6.07, 6.45) is 0. The van der Waals surface area contributed by atoms with Crippen molar-refractivity contribution < 1.29 is 9.18 Å². The Hall–Kier alpha value is -3.11. The highest BCUT2D eigenvalue weighted by molar-refractivity contribution is 7.99. The first kappa shape index (κ1) is 16.7. The minimum Gasteiger partial charge on any atom is -0.359 e. The Bertz CT molecular complexity index is 960. The second-order valence-corrected chi connectivity index (χ2v) is 6.23. The predicted octanol–water partition coefficient (Wildman–Crippen LogP) is 4.51. The van der Waals surface area contributed by atoms with Gasteiger partial charge in [-0.05, 0) is 47.6 Å². The Labute approximate surface area is 148 Å². The average Bonchev–Trinajstić information content (AvgIpc) is 2.97. The number of amides is 1. The van der Waals surface area contributed by atoms with Crippen LogP contribution in [0.25, 0.3) is 4.85 Å². The van der Waals surface area contributed by atoms with E-state index < -0.39 is 11.7 Å². The molecule has 0 unspecified atom stereocenters. The molecule has 2 aromatic carbocycles. The number of aromatic nitrogens is 2. The summed E-state index contributed by atoms with van der Waals surface area (Å²) in [6.45, 7) is 6.99. The maximum Gasteiger partial charge on any atom is 0.296 e. The van der Waals surface area contributed by atoms with Crippen molar-refractivity contribution >= 4 is 29.2 Å². The van der Waals surface area contributed by atoms with E-state index in [0.29, 0.717) is 11.5 Å². The number of nitrogens with zero attached hydrogens (tertiary/aromatic N) is 3. The molecule has 3 aromatic rings. The van der Waals surface area contributed by atoms with Gasteiger partial charge in [0.15, 0.2) is 0 Å². The standard InChI is InChI=1S/C18H13FN4OS/c1-20-16-11-17(23(2)22-16)25-13-9-7-12(8-10-13)21-18(24)14-5-3-4-6-15(14)19/h3-11H,2H3,(H,21,24). The van der Waals surface area contributed by atoms with E-state index in [-0.39, 0.29) is 5.56 Å². The van der Waals surface area contributed by atoms with Crippen molar-refractivity contribution in [3.8, 4) is 0 Å². The Morgan fingerprint density at radius 2 is 1.96 bits per heavy atom. The number of hydrogen-bond acceptors (Lipinski definition) is 3. The molecule has 124 valence electrons. The summed E-state index contributed by atoms with van der Waals surface area (Å²) in [4.78, 5) is 16.3. The molecule has 0 atom stereocenters. The topological polar surface area (TPSA) is 51.3 Å². The van der Waals surface area contributed by atoms with Crippen LogP contribution in [-0.4, -0.2) is 15.7 Å². The summed E-state index contributed by atoms with van der Waals surface area (Å²) < 4.78 is 15.3. The first-order chi connectivity index (χ1) is 12.1. The van der Waals surface area contributed by atoms with E-state index in [0.717, 1.165) is 9.92 Å². The molecule has 0 fully saturated rings. The molecule has 0 saturated carbocycles. The highest BCUT2D eigenvalue weighted by Gasteiger charge is 2.12. The second-order valence-electron chi connectivity index (χ2n) is 5.14. The van der Waals surface area contributed by atoms with Gasteiger partial charge in [0.1, 0.15) is 10.8 Å². The average molecular weight is 352 g/mol. The molecule has 5 nitrogen and oxygen atoms in total. The minimum absolute atomic E-state index is 0.00232. The maximum absolute atomic E-state index is 13.6. The lowest BCUT2D eigenvalue weighted by molar-refractivity contribution is 0.102. The quantitative estimate of drug-likeness (QED) is 0.703. The number of hydrogen-bond donors (Lipinski definition) is 1. The van der Waals surface area contributed by atoms with Crippen molar-refractivity contribution in [2.24, 2.45) is 7.05 Å². The van der Waals surface area contributed by atoms with Crippen LogP contribution < -0.4 is 5.32 Å². The van der Waals surface area contributed by atoms with Gasteiger partial charge in [-0.15, -0.1) is 0 Å². The molecule has 1 aromatic heterocycles.